The summed E-state index contributed by atoms with van der Waals surface area (Å²) in [4.78, 5) is 25.0. The number of carboxylic acids is 1. The summed E-state index contributed by atoms with van der Waals surface area (Å²) >= 11 is 0. The number of aliphatic carboxylic acids is 1. The van der Waals surface area contributed by atoms with Gasteiger partial charge in [0.15, 0.2) is 15.9 Å². The minimum Gasteiger partial charge on any atom is -0.480 e. The molecule has 0 bridgehead atoms. The molecule has 1 N–H and O–H groups in total. The van der Waals surface area contributed by atoms with E-state index in [2.05, 4.69) is 0 Å². The second-order valence-corrected chi connectivity index (χ2v) is 7.16. The molecule has 8 heteroatoms. The average Bonchev–Trinajstić information content (AvgIpc) is 2.45. The topological polar surface area (TPSA) is 101 Å². The molecule has 7 nitrogen and oxygen atoms in total. The number of carboxylic acid groups (broad SMARTS) is 1. The van der Waals surface area contributed by atoms with Crippen molar-refractivity contribution in [3.8, 4) is 0 Å². The lowest BCUT2D eigenvalue weighted by molar-refractivity contribution is -0.147. The van der Waals surface area contributed by atoms with Crippen LogP contribution in [-0.4, -0.2) is 62.4 Å². The number of sulfone groups is 1. The highest BCUT2D eigenvalue weighted by molar-refractivity contribution is 7.90. The highest BCUT2D eigenvalue weighted by atomic mass is 32.2. The third-order valence-electron chi connectivity index (χ3n) is 3.51. The minimum absolute atomic E-state index is 0.0680. The molecule has 2 rings (SSSR count). The lowest BCUT2D eigenvalue weighted by Gasteiger charge is -2.33. The summed E-state index contributed by atoms with van der Waals surface area (Å²) in [5, 5.41) is 9.16. The Morgan fingerprint density at radius 1 is 1.36 bits per heavy atom. The number of ether oxygens (including phenoxy) is 1. The Balaban J connectivity index is 2.39. The van der Waals surface area contributed by atoms with Crippen molar-refractivity contribution in [3.63, 3.8) is 0 Å². The van der Waals surface area contributed by atoms with Gasteiger partial charge >= 0.3 is 5.97 Å². The van der Waals surface area contributed by atoms with Crippen LogP contribution in [-0.2, 0) is 19.4 Å². The molecule has 0 spiro atoms. The van der Waals surface area contributed by atoms with Gasteiger partial charge in [0.1, 0.15) is 0 Å². The number of aryl methyl sites for hydroxylation is 1. The van der Waals surface area contributed by atoms with Gasteiger partial charge in [0.25, 0.3) is 5.91 Å². The molecule has 120 valence electrons. The Hall–Kier alpha value is -1.93. The van der Waals surface area contributed by atoms with Gasteiger partial charge < -0.3 is 14.7 Å². The predicted molar refractivity (Wildman–Crippen MR) is 77.6 cm³/mol. The smallest absolute Gasteiger partial charge is 0.328 e. The van der Waals surface area contributed by atoms with E-state index in [0.717, 1.165) is 6.26 Å². The van der Waals surface area contributed by atoms with E-state index in [0.29, 0.717) is 5.56 Å². The van der Waals surface area contributed by atoms with Gasteiger partial charge in [-0.2, -0.15) is 0 Å². The largest absolute Gasteiger partial charge is 0.480 e. The highest BCUT2D eigenvalue weighted by Crippen LogP contribution is 2.20. The van der Waals surface area contributed by atoms with E-state index in [1.165, 1.54) is 17.0 Å². The summed E-state index contributed by atoms with van der Waals surface area (Å²) in [6.07, 6.45) is 1.07. The quantitative estimate of drug-likeness (QED) is 0.858. The van der Waals surface area contributed by atoms with Gasteiger partial charge in [0.2, 0.25) is 0 Å². The normalized spacial score (nSPS) is 19.0. The van der Waals surface area contributed by atoms with Crippen LogP contribution in [0.2, 0.25) is 0 Å². The van der Waals surface area contributed by atoms with Gasteiger partial charge in [-0.25, -0.2) is 13.2 Å². The Labute approximate surface area is 128 Å². The number of morpholine rings is 1. The maximum atomic E-state index is 12.5. The highest BCUT2D eigenvalue weighted by Gasteiger charge is 2.33. The Morgan fingerprint density at radius 3 is 2.64 bits per heavy atom. The molecule has 1 aromatic carbocycles. The van der Waals surface area contributed by atoms with Gasteiger partial charge in [0, 0.05) is 18.4 Å². The average molecular weight is 327 g/mol. The van der Waals surface area contributed by atoms with E-state index >= 15 is 0 Å². The van der Waals surface area contributed by atoms with Crippen LogP contribution in [0.4, 0.5) is 0 Å². The zero-order chi connectivity index (χ0) is 16.5. The van der Waals surface area contributed by atoms with Crippen LogP contribution in [0.25, 0.3) is 0 Å². The summed E-state index contributed by atoms with van der Waals surface area (Å²) < 4.78 is 28.6. The molecular formula is C14H17NO6S. The van der Waals surface area contributed by atoms with Crippen LogP contribution >= 0.6 is 0 Å². The molecule has 1 saturated heterocycles. The number of carbonyl (C=O) groups excluding carboxylic acids is 1. The SMILES string of the molecule is Cc1ccc(C(=O)N2CCOCC2C(=O)O)cc1S(C)(=O)=O. The van der Waals surface area contributed by atoms with E-state index in [9.17, 15) is 18.0 Å². The molecule has 22 heavy (non-hydrogen) atoms. The molecule has 0 aromatic heterocycles. The first kappa shape index (κ1) is 16.4. The van der Waals surface area contributed by atoms with Gasteiger partial charge in [-0.1, -0.05) is 6.07 Å². The fourth-order valence-electron chi connectivity index (χ4n) is 2.35. The first-order chi connectivity index (χ1) is 10.2. The number of carbonyl (C=O) groups is 2. The molecule has 1 heterocycles. The van der Waals surface area contributed by atoms with Gasteiger partial charge in [-0.15, -0.1) is 0 Å². The van der Waals surface area contributed by atoms with Crippen molar-refractivity contribution in [2.45, 2.75) is 17.9 Å². The number of rotatable bonds is 3. The van der Waals surface area contributed by atoms with Crippen LogP contribution in [0.5, 0.6) is 0 Å². The van der Waals surface area contributed by atoms with Crippen molar-refractivity contribution >= 4 is 21.7 Å². The lowest BCUT2D eigenvalue weighted by Crippen LogP contribution is -2.52. The third-order valence-corrected chi connectivity index (χ3v) is 4.75. The molecule has 1 fully saturated rings. The molecular weight excluding hydrogens is 310 g/mol. The minimum atomic E-state index is -3.46. The van der Waals surface area contributed by atoms with Crippen LogP contribution in [0, 0.1) is 6.92 Å². The van der Waals surface area contributed by atoms with Crippen molar-refractivity contribution < 1.29 is 27.9 Å². The van der Waals surface area contributed by atoms with E-state index in [4.69, 9.17) is 9.84 Å². The molecule has 1 aliphatic heterocycles. The van der Waals surface area contributed by atoms with Crippen molar-refractivity contribution in [1.29, 1.82) is 0 Å². The van der Waals surface area contributed by atoms with Crippen molar-refractivity contribution in [1.82, 2.24) is 4.90 Å². The molecule has 1 unspecified atom stereocenters. The molecule has 0 radical (unpaired) electrons. The number of hydrogen-bond donors (Lipinski definition) is 1. The standard InChI is InChI=1S/C14H17NO6S/c1-9-3-4-10(7-12(9)22(2,19)20)13(16)15-5-6-21-8-11(15)14(17)18/h3-4,7,11H,5-6,8H2,1-2H3,(H,17,18). The zero-order valence-electron chi connectivity index (χ0n) is 12.3. The third kappa shape index (κ3) is 3.28. The fraction of sp³-hybridized carbons (Fsp3) is 0.429. The second kappa shape index (κ2) is 6.05. The van der Waals surface area contributed by atoms with Crippen LogP contribution < -0.4 is 0 Å². The molecule has 0 saturated carbocycles. The first-order valence-corrected chi connectivity index (χ1v) is 8.53. The van der Waals surface area contributed by atoms with E-state index in [-0.39, 0.29) is 30.2 Å². The lowest BCUT2D eigenvalue weighted by atomic mass is 10.1. The molecule has 0 aliphatic carbocycles. The van der Waals surface area contributed by atoms with Crippen LogP contribution in [0.15, 0.2) is 23.1 Å². The summed E-state index contributed by atoms with van der Waals surface area (Å²) in [5.74, 6) is -1.66. The van der Waals surface area contributed by atoms with E-state index in [1.54, 1.807) is 13.0 Å². The van der Waals surface area contributed by atoms with Crippen molar-refractivity contribution in [2.75, 3.05) is 26.0 Å². The molecule has 1 aromatic rings. The predicted octanol–water partition coefficient (Wildman–Crippen LogP) is 0.324. The van der Waals surface area contributed by atoms with Crippen LogP contribution in [0.3, 0.4) is 0 Å². The van der Waals surface area contributed by atoms with Crippen molar-refractivity contribution in [3.05, 3.63) is 29.3 Å². The van der Waals surface area contributed by atoms with Gasteiger partial charge in [0.05, 0.1) is 18.1 Å². The fourth-order valence-corrected chi connectivity index (χ4v) is 3.34. The van der Waals surface area contributed by atoms with Crippen molar-refractivity contribution in [2.24, 2.45) is 0 Å². The number of nitrogens with zero attached hydrogens (tertiary/aromatic N) is 1. The Bertz CT molecular complexity index is 712. The van der Waals surface area contributed by atoms with E-state index < -0.39 is 27.8 Å². The van der Waals surface area contributed by atoms with Gasteiger partial charge in [-0.05, 0) is 24.6 Å². The number of amides is 1. The number of benzene rings is 1. The Morgan fingerprint density at radius 2 is 2.05 bits per heavy atom. The summed E-state index contributed by atoms with van der Waals surface area (Å²) in [7, 11) is -3.46. The number of hydrogen-bond acceptors (Lipinski definition) is 5. The monoisotopic (exact) mass is 327 g/mol. The Kier molecular flexibility index (Phi) is 4.52. The zero-order valence-corrected chi connectivity index (χ0v) is 13.1. The maximum Gasteiger partial charge on any atom is 0.328 e. The molecule has 1 aliphatic rings. The van der Waals surface area contributed by atoms with Gasteiger partial charge in [-0.3, -0.25) is 4.79 Å². The maximum absolute atomic E-state index is 12.5. The second-order valence-electron chi connectivity index (χ2n) is 5.18. The summed E-state index contributed by atoms with van der Waals surface area (Å²) in [6, 6.07) is 3.27. The molecule has 1 amide bonds. The first-order valence-electron chi connectivity index (χ1n) is 6.64. The summed E-state index contributed by atoms with van der Waals surface area (Å²) in [6.45, 7) is 1.96. The summed E-state index contributed by atoms with van der Waals surface area (Å²) in [5.41, 5.74) is 0.690. The van der Waals surface area contributed by atoms with E-state index in [1.807, 2.05) is 0 Å². The van der Waals surface area contributed by atoms with Crippen LogP contribution in [0.1, 0.15) is 15.9 Å². The molecule has 1 atom stereocenters.